The van der Waals surface area contributed by atoms with E-state index < -0.39 is 10.1 Å². The Morgan fingerprint density at radius 1 is 1.32 bits per heavy atom. The van der Waals surface area contributed by atoms with E-state index in [1.165, 1.54) is 6.07 Å². The van der Waals surface area contributed by atoms with Crippen molar-refractivity contribution in [3.63, 3.8) is 0 Å². The molecule has 0 unspecified atom stereocenters. The summed E-state index contributed by atoms with van der Waals surface area (Å²) >= 11 is 3.36. The first-order valence-corrected chi connectivity index (χ1v) is 8.87. The quantitative estimate of drug-likeness (QED) is 0.679. The Labute approximate surface area is 121 Å². The largest absolute Gasteiger partial charge is 0.294 e. The number of nitrogens with zero attached hydrogens (tertiary/aromatic N) is 1. The van der Waals surface area contributed by atoms with E-state index in [1.54, 1.807) is 42.2 Å². The molecule has 0 fully saturated rings. The van der Waals surface area contributed by atoms with Crippen LogP contribution in [-0.2, 0) is 10.1 Å². The second-order valence-electron chi connectivity index (χ2n) is 3.75. The van der Waals surface area contributed by atoms with Crippen molar-refractivity contribution in [2.45, 2.75) is 23.1 Å². The topological polar surface area (TPSA) is 67.3 Å². The summed E-state index contributed by atoms with van der Waals surface area (Å²) in [5.41, 5.74) is 1.54. The summed E-state index contributed by atoms with van der Waals surface area (Å²) in [5, 5.41) is 1.98. The van der Waals surface area contributed by atoms with Gasteiger partial charge in [-0.15, -0.1) is 11.3 Å². The predicted molar refractivity (Wildman–Crippen MR) is 79.6 cm³/mol. The van der Waals surface area contributed by atoms with Gasteiger partial charge in [-0.3, -0.25) is 4.55 Å². The highest BCUT2D eigenvalue weighted by molar-refractivity contribution is 8.00. The zero-order valence-electron chi connectivity index (χ0n) is 10.8. The summed E-state index contributed by atoms with van der Waals surface area (Å²) in [4.78, 5) is 4.00. The minimum absolute atomic E-state index is 0.0203. The second-order valence-corrected chi connectivity index (χ2v) is 7.08. The molecule has 0 saturated heterocycles. The summed E-state index contributed by atoms with van der Waals surface area (Å²) in [6.07, 6.45) is 3.84. The van der Waals surface area contributed by atoms with Crippen molar-refractivity contribution in [3.8, 4) is 0 Å². The third kappa shape index (κ3) is 5.32. The van der Waals surface area contributed by atoms with Gasteiger partial charge in [0.05, 0.1) is 4.90 Å². The molecule has 0 aliphatic heterocycles. The minimum Gasteiger partial charge on any atom is -0.282 e. The highest BCUT2D eigenvalue weighted by Crippen LogP contribution is 2.16. The number of rotatable bonds is 2. The van der Waals surface area contributed by atoms with E-state index in [9.17, 15) is 8.42 Å². The van der Waals surface area contributed by atoms with Crippen molar-refractivity contribution >= 4 is 33.2 Å². The van der Waals surface area contributed by atoms with E-state index in [0.717, 1.165) is 9.90 Å². The summed E-state index contributed by atoms with van der Waals surface area (Å²) < 4.78 is 31.3. The molecule has 1 N–H and O–H groups in total. The van der Waals surface area contributed by atoms with E-state index in [-0.39, 0.29) is 4.90 Å². The van der Waals surface area contributed by atoms with Crippen molar-refractivity contribution in [3.05, 3.63) is 40.9 Å². The SMILES string of the molecule is CSc1nccs1.Cc1ccc(S(=O)(=O)O)c(C)c1. The van der Waals surface area contributed by atoms with Crippen molar-refractivity contribution < 1.29 is 13.0 Å². The van der Waals surface area contributed by atoms with Gasteiger partial charge >= 0.3 is 0 Å². The monoisotopic (exact) mass is 317 g/mol. The molecule has 1 aromatic carbocycles. The first-order chi connectivity index (χ1) is 8.84. The number of hydrogen-bond donors (Lipinski definition) is 1. The summed E-state index contributed by atoms with van der Waals surface area (Å²) in [5.74, 6) is 0. The first-order valence-electron chi connectivity index (χ1n) is 5.33. The fourth-order valence-corrected chi connectivity index (χ4v) is 3.18. The lowest BCUT2D eigenvalue weighted by atomic mass is 10.2. The fraction of sp³-hybridized carbons (Fsp3) is 0.250. The molecule has 4 nitrogen and oxygen atoms in total. The lowest BCUT2D eigenvalue weighted by molar-refractivity contribution is 0.482. The van der Waals surface area contributed by atoms with Crippen molar-refractivity contribution in [1.82, 2.24) is 4.98 Å². The van der Waals surface area contributed by atoms with Gasteiger partial charge in [0.2, 0.25) is 0 Å². The van der Waals surface area contributed by atoms with Crippen LogP contribution in [0.2, 0.25) is 0 Å². The van der Waals surface area contributed by atoms with E-state index >= 15 is 0 Å². The molecule has 1 aromatic heterocycles. The minimum atomic E-state index is -4.05. The second kappa shape index (κ2) is 7.04. The smallest absolute Gasteiger partial charge is 0.282 e. The van der Waals surface area contributed by atoms with Crippen molar-refractivity contribution in [2.24, 2.45) is 0 Å². The fourth-order valence-electron chi connectivity index (χ4n) is 1.40. The summed E-state index contributed by atoms with van der Waals surface area (Å²) in [6.45, 7) is 3.51. The maximum absolute atomic E-state index is 10.7. The van der Waals surface area contributed by atoms with Gasteiger partial charge in [-0.05, 0) is 31.7 Å². The van der Waals surface area contributed by atoms with E-state index in [2.05, 4.69) is 4.98 Å². The van der Waals surface area contributed by atoms with Crippen LogP contribution in [0, 0.1) is 13.8 Å². The average molecular weight is 317 g/mol. The predicted octanol–water partition coefficient (Wildman–Crippen LogP) is 3.42. The van der Waals surface area contributed by atoms with Gasteiger partial charge in [0.1, 0.15) is 4.34 Å². The Balaban J connectivity index is 0.000000218. The maximum Gasteiger partial charge on any atom is 0.294 e. The average Bonchev–Trinajstić information content (AvgIpc) is 2.80. The summed E-state index contributed by atoms with van der Waals surface area (Å²) in [6, 6.07) is 4.76. The van der Waals surface area contributed by atoms with E-state index in [1.807, 2.05) is 24.8 Å². The molecule has 0 aliphatic rings. The van der Waals surface area contributed by atoms with Crippen LogP contribution in [0.1, 0.15) is 11.1 Å². The number of thiazole rings is 1. The normalized spacial score (nSPS) is 10.7. The molecule has 19 heavy (non-hydrogen) atoms. The van der Waals surface area contributed by atoms with Crippen LogP contribution in [0.5, 0.6) is 0 Å². The molecule has 7 heteroatoms. The van der Waals surface area contributed by atoms with Crippen LogP contribution < -0.4 is 0 Å². The molecule has 0 saturated carbocycles. The molecule has 0 bridgehead atoms. The Morgan fingerprint density at radius 3 is 2.37 bits per heavy atom. The molecular formula is C12H15NO3S3. The molecule has 1 heterocycles. The number of hydrogen-bond acceptors (Lipinski definition) is 5. The van der Waals surface area contributed by atoms with Gasteiger partial charge in [-0.1, -0.05) is 29.5 Å². The standard InChI is InChI=1S/C8H10O3S.C4H5NS2/c1-6-3-4-8(7(2)5-6)12(9,10)11;1-6-4-5-2-3-7-4/h3-5H,1-2H3,(H,9,10,11);2-3H,1H3. The third-order valence-electron chi connectivity index (χ3n) is 2.19. The van der Waals surface area contributed by atoms with Crippen LogP contribution >= 0.6 is 23.1 Å². The van der Waals surface area contributed by atoms with Crippen LogP contribution in [0.3, 0.4) is 0 Å². The van der Waals surface area contributed by atoms with Crippen LogP contribution in [0.15, 0.2) is 39.0 Å². The lowest BCUT2D eigenvalue weighted by Gasteiger charge is -2.02. The maximum atomic E-state index is 10.7. The zero-order valence-corrected chi connectivity index (χ0v) is 13.3. The molecule has 0 atom stereocenters. The van der Waals surface area contributed by atoms with Crippen LogP contribution in [0.25, 0.3) is 0 Å². The Morgan fingerprint density at radius 2 is 2.00 bits per heavy atom. The van der Waals surface area contributed by atoms with E-state index in [4.69, 9.17) is 4.55 Å². The molecular weight excluding hydrogens is 302 g/mol. The Hall–Kier alpha value is -0.890. The molecule has 104 valence electrons. The van der Waals surface area contributed by atoms with Crippen molar-refractivity contribution in [1.29, 1.82) is 0 Å². The van der Waals surface area contributed by atoms with Gasteiger partial charge in [0.15, 0.2) is 0 Å². The van der Waals surface area contributed by atoms with E-state index in [0.29, 0.717) is 5.56 Å². The third-order valence-corrected chi connectivity index (χ3v) is 5.01. The summed E-state index contributed by atoms with van der Waals surface area (Å²) in [7, 11) is -4.05. The molecule has 0 amide bonds. The molecule has 0 spiro atoms. The van der Waals surface area contributed by atoms with Gasteiger partial charge < -0.3 is 0 Å². The highest BCUT2D eigenvalue weighted by Gasteiger charge is 2.11. The first kappa shape index (κ1) is 16.2. The number of aryl methyl sites for hydroxylation is 2. The molecule has 0 radical (unpaired) electrons. The van der Waals surface area contributed by atoms with Gasteiger partial charge in [-0.25, -0.2) is 4.98 Å². The molecule has 2 rings (SSSR count). The van der Waals surface area contributed by atoms with Gasteiger partial charge in [0.25, 0.3) is 10.1 Å². The lowest BCUT2D eigenvalue weighted by Crippen LogP contribution is -2.00. The zero-order chi connectivity index (χ0) is 14.5. The molecule has 0 aliphatic carbocycles. The Kier molecular flexibility index (Phi) is 5.99. The molecule has 2 aromatic rings. The number of thioether (sulfide) groups is 1. The number of benzene rings is 1. The number of aromatic nitrogens is 1. The van der Waals surface area contributed by atoms with Crippen LogP contribution in [0.4, 0.5) is 0 Å². The highest BCUT2D eigenvalue weighted by atomic mass is 32.2. The van der Waals surface area contributed by atoms with Gasteiger partial charge in [0, 0.05) is 11.6 Å². The van der Waals surface area contributed by atoms with Gasteiger partial charge in [-0.2, -0.15) is 8.42 Å². The Bertz CT molecular complexity index is 622. The van der Waals surface area contributed by atoms with Crippen molar-refractivity contribution in [2.75, 3.05) is 6.26 Å². The van der Waals surface area contributed by atoms with Crippen LogP contribution in [-0.4, -0.2) is 24.2 Å².